The summed E-state index contributed by atoms with van der Waals surface area (Å²) in [5.74, 6) is 0.457. The number of nitrogens with one attached hydrogen (secondary N) is 1. The van der Waals surface area contributed by atoms with Gasteiger partial charge in [-0.05, 0) is 40.5 Å². The Labute approximate surface area is 142 Å². The van der Waals surface area contributed by atoms with Crippen LogP contribution in [0.1, 0.15) is 61.3 Å². The second-order valence-electron chi connectivity index (χ2n) is 7.67. The summed E-state index contributed by atoms with van der Waals surface area (Å²) >= 11 is 0. The number of aryl methyl sites for hydroxylation is 2. The van der Waals surface area contributed by atoms with Gasteiger partial charge in [0.05, 0.1) is 11.6 Å². The maximum Gasteiger partial charge on any atom is 0.259 e. The second kappa shape index (κ2) is 6.22. The van der Waals surface area contributed by atoms with Gasteiger partial charge in [0.15, 0.2) is 0 Å². The lowest BCUT2D eigenvalue weighted by atomic mass is 9.76. The molecule has 1 spiro atoms. The summed E-state index contributed by atoms with van der Waals surface area (Å²) < 4.78 is 5.14. The van der Waals surface area contributed by atoms with Crippen molar-refractivity contribution in [3.8, 4) is 0 Å². The fraction of sp³-hybridized carbons (Fsp3) is 0.722. The maximum absolute atomic E-state index is 13.0. The molecule has 1 aromatic heterocycles. The van der Waals surface area contributed by atoms with E-state index in [0.29, 0.717) is 30.1 Å². The van der Waals surface area contributed by atoms with E-state index < -0.39 is 0 Å². The number of hydrogen-bond donors (Lipinski definition) is 1. The van der Waals surface area contributed by atoms with Gasteiger partial charge < -0.3 is 14.7 Å². The quantitative estimate of drug-likeness (QED) is 0.922. The predicted octanol–water partition coefficient (Wildman–Crippen LogP) is 2.45. The van der Waals surface area contributed by atoms with Crippen molar-refractivity contribution in [2.24, 2.45) is 11.3 Å². The van der Waals surface area contributed by atoms with E-state index in [-0.39, 0.29) is 29.2 Å². The van der Waals surface area contributed by atoms with E-state index in [1.54, 1.807) is 13.8 Å². The molecule has 0 bridgehead atoms. The van der Waals surface area contributed by atoms with Crippen molar-refractivity contribution in [3.63, 3.8) is 0 Å². The van der Waals surface area contributed by atoms with Gasteiger partial charge in [-0.25, -0.2) is 0 Å². The van der Waals surface area contributed by atoms with Crippen LogP contribution < -0.4 is 5.32 Å². The van der Waals surface area contributed by atoms with Crippen LogP contribution in [-0.2, 0) is 4.79 Å². The fourth-order valence-electron chi connectivity index (χ4n) is 4.40. The van der Waals surface area contributed by atoms with E-state index in [4.69, 9.17) is 4.52 Å². The molecule has 1 aromatic rings. The Morgan fingerprint density at radius 1 is 1.29 bits per heavy atom. The summed E-state index contributed by atoms with van der Waals surface area (Å²) in [6.45, 7) is 8.64. The average molecular weight is 333 g/mol. The van der Waals surface area contributed by atoms with Crippen LogP contribution in [0.15, 0.2) is 4.52 Å². The lowest BCUT2D eigenvalue weighted by molar-refractivity contribution is -0.128. The van der Waals surface area contributed by atoms with Crippen LogP contribution in [0.4, 0.5) is 0 Å². The van der Waals surface area contributed by atoms with Gasteiger partial charge in [0.2, 0.25) is 5.91 Å². The van der Waals surface area contributed by atoms with Gasteiger partial charge in [-0.1, -0.05) is 18.0 Å². The average Bonchev–Trinajstić information content (AvgIpc) is 3.20. The Kier molecular flexibility index (Phi) is 4.40. The third kappa shape index (κ3) is 2.82. The molecule has 1 unspecified atom stereocenters. The lowest BCUT2D eigenvalue weighted by Crippen LogP contribution is -2.42. The van der Waals surface area contributed by atoms with Gasteiger partial charge in [-0.15, -0.1) is 0 Å². The highest BCUT2D eigenvalue weighted by Gasteiger charge is 2.52. The number of carbonyl (C=O) groups is 2. The van der Waals surface area contributed by atoms with Crippen LogP contribution in [0.5, 0.6) is 0 Å². The van der Waals surface area contributed by atoms with E-state index >= 15 is 0 Å². The first-order valence-corrected chi connectivity index (χ1v) is 8.86. The molecule has 0 radical (unpaired) electrons. The predicted molar refractivity (Wildman–Crippen MR) is 89.6 cm³/mol. The maximum atomic E-state index is 13.0. The van der Waals surface area contributed by atoms with Gasteiger partial charge in [0, 0.05) is 24.5 Å². The van der Waals surface area contributed by atoms with Crippen molar-refractivity contribution >= 4 is 11.8 Å². The van der Waals surface area contributed by atoms with E-state index in [0.717, 1.165) is 25.7 Å². The zero-order valence-electron chi connectivity index (χ0n) is 15.0. The fourth-order valence-corrected chi connectivity index (χ4v) is 4.40. The van der Waals surface area contributed by atoms with Crippen molar-refractivity contribution in [3.05, 3.63) is 17.0 Å². The number of nitrogens with zero attached hydrogens (tertiary/aromatic N) is 2. The van der Waals surface area contributed by atoms with Crippen molar-refractivity contribution in [2.45, 2.75) is 59.4 Å². The molecule has 2 aliphatic rings. The summed E-state index contributed by atoms with van der Waals surface area (Å²) in [6.07, 6.45) is 4.32. The minimum absolute atomic E-state index is 0.0580. The summed E-state index contributed by atoms with van der Waals surface area (Å²) in [5.41, 5.74) is 1.11. The van der Waals surface area contributed by atoms with Crippen LogP contribution in [-0.4, -0.2) is 41.0 Å². The standard InChI is InChI=1S/C18H27N3O3/c1-11(2)19-16(22)14-9-21(10-18(14)7-5-6-8-18)17(23)15-12(3)20-24-13(15)4/h11,14H,5-10H2,1-4H3,(H,19,22). The molecule has 1 N–H and O–H groups in total. The van der Waals surface area contributed by atoms with Crippen molar-refractivity contribution in [1.82, 2.24) is 15.4 Å². The second-order valence-corrected chi connectivity index (χ2v) is 7.67. The summed E-state index contributed by atoms with van der Waals surface area (Å²) in [5, 5.41) is 6.93. The van der Waals surface area contributed by atoms with E-state index in [2.05, 4.69) is 10.5 Å². The van der Waals surface area contributed by atoms with E-state index in [1.807, 2.05) is 18.7 Å². The van der Waals surface area contributed by atoms with Gasteiger partial charge in [0.25, 0.3) is 5.91 Å². The molecule has 3 rings (SSSR count). The van der Waals surface area contributed by atoms with Gasteiger partial charge in [-0.2, -0.15) is 0 Å². The van der Waals surface area contributed by atoms with Gasteiger partial charge in [0.1, 0.15) is 11.3 Å². The Bertz CT molecular complexity index is 624. The highest BCUT2D eigenvalue weighted by molar-refractivity contribution is 5.97. The number of aromatic nitrogens is 1. The number of hydrogen-bond acceptors (Lipinski definition) is 4. The molecule has 24 heavy (non-hydrogen) atoms. The third-order valence-electron chi connectivity index (χ3n) is 5.53. The first-order chi connectivity index (χ1) is 11.3. The first-order valence-electron chi connectivity index (χ1n) is 8.86. The Morgan fingerprint density at radius 2 is 1.96 bits per heavy atom. The molecule has 2 heterocycles. The number of rotatable bonds is 3. The van der Waals surface area contributed by atoms with Crippen LogP contribution in [0, 0.1) is 25.2 Å². The summed E-state index contributed by atoms with van der Waals surface area (Å²) in [4.78, 5) is 27.5. The Morgan fingerprint density at radius 3 is 2.50 bits per heavy atom. The van der Waals surface area contributed by atoms with Crippen LogP contribution >= 0.6 is 0 Å². The summed E-state index contributed by atoms with van der Waals surface area (Å²) in [6, 6.07) is 0.114. The van der Waals surface area contributed by atoms with Crippen LogP contribution in [0.3, 0.4) is 0 Å². The molecule has 6 nitrogen and oxygen atoms in total. The molecular formula is C18H27N3O3. The molecule has 1 atom stereocenters. The normalized spacial score (nSPS) is 22.5. The zero-order valence-corrected chi connectivity index (χ0v) is 15.0. The summed E-state index contributed by atoms with van der Waals surface area (Å²) in [7, 11) is 0. The lowest BCUT2D eigenvalue weighted by Gasteiger charge is -2.29. The molecule has 1 saturated heterocycles. The number of likely N-dealkylation sites (tertiary alicyclic amines) is 1. The minimum Gasteiger partial charge on any atom is -0.361 e. The SMILES string of the molecule is Cc1noc(C)c1C(=O)N1CC(C(=O)NC(C)C)C2(CCCC2)C1. The zero-order chi connectivity index (χ0) is 17.5. The molecule has 1 saturated carbocycles. The molecule has 6 heteroatoms. The monoisotopic (exact) mass is 333 g/mol. The Balaban J connectivity index is 1.85. The molecule has 1 aliphatic heterocycles. The highest BCUT2D eigenvalue weighted by atomic mass is 16.5. The smallest absolute Gasteiger partial charge is 0.259 e. The highest BCUT2D eigenvalue weighted by Crippen LogP contribution is 2.49. The molecule has 2 fully saturated rings. The third-order valence-corrected chi connectivity index (χ3v) is 5.53. The molecule has 1 aliphatic carbocycles. The van der Waals surface area contributed by atoms with Crippen molar-refractivity contribution in [1.29, 1.82) is 0 Å². The topological polar surface area (TPSA) is 75.4 Å². The van der Waals surface area contributed by atoms with Crippen molar-refractivity contribution < 1.29 is 14.1 Å². The first kappa shape index (κ1) is 17.0. The van der Waals surface area contributed by atoms with Gasteiger partial charge in [-0.3, -0.25) is 9.59 Å². The number of amides is 2. The molecule has 132 valence electrons. The molecule has 0 aromatic carbocycles. The van der Waals surface area contributed by atoms with Gasteiger partial charge >= 0.3 is 0 Å². The number of carbonyl (C=O) groups excluding carboxylic acids is 2. The van der Waals surface area contributed by atoms with Crippen molar-refractivity contribution in [2.75, 3.05) is 13.1 Å². The molecule has 2 amide bonds. The van der Waals surface area contributed by atoms with E-state index in [9.17, 15) is 9.59 Å². The van der Waals surface area contributed by atoms with Crippen LogP contribution in [0.25, 0.3) is 0 Å². The molecular weight excluding hydrogens is 306 g/mol. The Hall–Kier alpha value is -1.85. The largest absolute Gasteiger partial charge is 0.361 e. The minimum atomic E-state index is -0.119. The van der Waals surface area contributed by atoms with E-state index in [1.165, 1.54) is 0 Å². The van der Waals surface area contributed by atoms with Crippen LogP contribution in [0.2, 0.25) is 0 Å².